The molecule has 2 aromatic rings. The number of methoxy groups -OCH3 is 1. The molecule has 9 heteroatoms. The van der Waals surface area contributed by atoms with Crippen LogP contribution < -0.4 is 14.6 Å². The summed E-state index contributed by atoms with van der Waals surface area (Å²) in [5.41, 5.74) is -0.397. The molecule has 0 amide bonds. The average molecular weight is 324 g/mol. The van der Waals surface area contributed by atoms with Crippen LogP contribution in [0.4, 0.5) is 5.69 Å². The highest BCUT2D eigenvalue weighted by Crippen LogP contribution is 2.31. The standard InChI is InChI=1S/C13H12N2O6S/c1-20-10-3-5-11(6-4-10)21-12-7-2-9(15(16)17)8-13(12)22(14,18)19/h2-8H,1H3,(H2,14,18,19). The van der Waals surface area contributed by atoms with Crippen LogP contribution in [-0.2, 0) is 10.0 Å². The first-order valence-electron chi connectivity index (χ1n) is 5.94. The van der Waals surface area contributed by atoms with Crippen molar-refractivity contribution in [3.63, 3.8) is 0 Å². The molecule has 0 radical (unpaired) electrons. The SMILES string of the molecule is COc1ccc(Oc2ccc([N+](=O)[O-])cc2S(N)(=O)=O)cc1. The van der Waals surface area contributed by atoms with Crippen LogP contribution in [0.1, 0.15) is 0 Å². The topological polar surface area (TPSA) is 122 Å². The Morgan fingerprint density at radius 2 is 1.68 bits per heavy atom. The van der Waals surface area contributed by atoms with Crippen molar-refractivity contribution in [3.05, 3.63) is 52.6 Å². The summed E-state index contributed by atoms with van der Waals surface area (Å²) < 4.78 is 33.6. The first kappa shape index (κ1) is 15.7. The van der Waals surface area contributed by atoms with E-state index < -0.39 is 25.5 Å². The molecule has 2 N–H and O–H groups in total. The van der Waals surface area contributed by atoms with Gasteiger partial charge < -0.3 is 9.47 Å². The van der Waals surface area contributed by atoms with E-state index in [1.54, 1.807) is 24.3 Å². The predicted octanol–water partition coefficient (Wildman–Crippen LogP) is 2.04. The summed E-state index contributed by atoms with van der Waals surface area (Å²) in [5, 5.41) is 15.8. The quantitative estimate of drug-likeness (QED) is 0.663. The van der Waals surface area contributed by atoms with Crippen molar-refractivity contribution >= 4 is 15.7 Å². The Balaban J connectivity index is 2.43. The number of nitrogens with two attached hydrogens (primary N) is 1. The minimum atomic E-state index is -4.18. The maximum absolute atomic E-state index is 11.6. The third kappa shape index (κ3) is 3.51. The Bertz CT molecular complexity index is 802. The van der Waals surface area contributed by atoms with Gasteiger partial charge in [0.15, 0.2) is 0 Å². The normalized spacial score (nSPS) is 11.0. The fourth-order valence-corrected chi connectivity index (χ4v) is 2.36. The molecular weight excluding hydrogens is 312 g/mol. The molecule has 116 valence electrons. The van der Waals surface area contributed by atoms with Gasteiger partial charge in [-0.2, -0.15) is 0 Å². The van der Waals surface area contributed by atoms with E-state index in [0.29, 0.717) is 11.5 Å². The number of sulfonamides is 1. The number of nitro groups is 1. The van der Waals surface area contributed by atoms with Gasteiger partial charge in [0.05, 0.1) is 12.0 Å². The number of hydrogen-bond acceptors (Lipinski definition) is 6. The lowest BCUT2D eigenvalue weighted by molar-refractivity contribution is -0.385. The molecule has 8 nitrogen and oxygen atoms in total. The maximum Gasteiger partial charge on any atom is 0.271 e. The van der Waals surface area contributed by atoms with Gasteiger partial charge in [-0.1, -0.05) is 0 Å². The zero-order valence-corrected chi connectivity index (χ0v) is 12.2. The van der Waals surface area contributed by atoms with Crippen molar-refractivity contribution in [2.75, 3.05) is 7.11 Å². The number of rotatable bonds is 5. The van der Waals surface area contributed by atoms with Crippen molar-refractivity contribution in [1.82, 2.24) is 0 Å². The first-order chi connectivity index (χ1) is 10.3. The number of nitro benzene ring substituents is 1. The minimum Gasteiger partial charge on any atom is -0.497 e. The predicted molar refractivity (Wildman–Crippen MR) is 77.5 cm³/mol. The van der Waals surface area contributed by atoms with E-state index >= 15 is 0 Å². The van der Waals surface area contributed by atoms with Gasteiger partial charge in [-0.3, -0.25) is 10.1 Å². The van der Waals surface area contributed by atoms with Gasteiger partial charge in [-0.05, 0) is 30.3 Å². The summed E-state index contributed by atoms with van der Waals surface area (Å²) >= 11 is 0. The fourth-order valence-electron chi connectivity index (χ4n) is 1.69. The van der Waals surface area contributed by atoms with E-state index in [4.69, 9.17) is 14.6 Å². The van der Waals surface area contributed by atoms with Crippen LogP contribution >= 0.6 is 0 Å². The fraction of sp³-hybridized carbons (Fsp3) is 0.0769. The lowest BCUT2D eigenvalue weighted by Gasteiger charge is -2.10. The van der Waals surface area contributed by atoms with Crippen LogP contribution in [-0.4, -0.2) is 20.5 Å². The van der Waals surface area contributed by atoms with Crippen molar-refractivity contribution in [2.45, 2.75) is 4.90 Å². The van der Waals surface area contributed by atoms with E-state index in [-0.39, 0.29) is 5.75 Å². The number of nitrogens with zero attached hydrogens (tertiary/aromatic N) is 1. The summed E-state index contributed by atoms with van der Waals surface area (Å²) in [4.78, 5) is 9.56. The van der Waals surface area contributed by atoms with Gasteiger partial charge in [0.1, 0.15) is 22.1 Å². The molecule has 0 heterocycles. The van der Waals surface area contributed by atoms with Crippen LogP contribution in [0.5, 0.6) is 17.2 Å². The molecule has 0 saturated heterocycles. The molecule has 0 bridgehead atoms. The van der Waals surface area contributed by atoms with Crippen LogP contribution in [0.25, 0.3) is 0 Å². The van der Waals surface area contributed by atoms with Crippen LogP contribution in [0, 0.1) is 10.1 Å². The lowest BCUT2D eigenvalue weighted by atomic mass is 10.3. The van der Waals surface area contributed by atoms with Gasteiger partial charge in [0.25, 0.3) is 5.69 Å². The third-order valence-electron chi connectivity index (χ3n) is 2.73. The van der Waals surface area contributed by atoms with Gasteiger partial charge >= 0.3 is 0 Å². The maximum atomic E-state index is 11.6. The number of hydrogen-bond donors (Lipinski definition) is 1. The highest BCUT2D eigenvalue weighted by atomic mass is 32.2. The van der Waals surface area contributed by atoms with Crippen molar-refractivity contribution in [2.24, 2.45) is 5.14 Å². The van der Waals surface area contributed by atoms with E-state index in [1.807, 2.05) is 0 Å². The Morgan fingerprint density at radius 3 is 2.18 bits per heavy atom. The van der Waals surface area contributed by atoms with Crippen molar-refractivity contribution < 1.29 is 22.8 Å². The molecule has 0 aliphatic heterocycles. The van der Waals surface area contributed by atoms with Gasteiger partial charge in [-0.15, -0.1) is 0 Å². The van der Waals surface area contributed by atoms with E-state index in [0.717, 1.165) is 12.1 Å². The number of primary sulfonamides is 1. The minimum absolute atomic E-state index is 0.0988. The third-order valence-corrected chi connectivity index (χ3v) is 3.66. The molecule has 0 spiro atoms. The molecule has 0 unspecified atom stereocenters. The van der Waals surface area contributed by atoms with Crippen molar-refractivity contribution in [1.29, 1.82) is 0 Å². The molecule has 2 rings (SSSR count). The van der Waals surface area contributed by atoms with E-state index in [9.17, 15) is 18.5 Å². The summed E-state index contributed by atoms with van der Waals surface area (Å²) in [7, 11) is -2.67. The summed E-state index contributed by atoms with van der Waals surface area (Å²) in [5.74, 6) is 0.834. The Morgan fingerprint density at radius 1 is 1.09 bits per heavy atom. The Kier molecular flexibility index (Phi) is 4.29. The summed E-state index contributed by atoms with van der Waals surface area (Å²) in [6, 6.07) is 9.54. The smallest absolute Gasteiger partial charge is 0.271 e. The molecule has 0 aromatic heterocycles. The van der Waals surface area contributed by atoms with Crippen LogP contribution in [0.2, 0.25) is 0 Å². The molecule has 2 aromatic carbocycles. The van der Waals surface area contributed by atoms with Gasteiger partial charge in [0.2, 0.25) is 10.0 Å². The monoisotopic (exact) mass is 324 g/mol. The van der Waals surface area contributed by atoms with Gasteiger partial charge in [0, 0.05) is 12.1 Å². The average Bonchev–Trinajstić information content (AvgIpc) is 2.47. The molecule has 0 saturated carbocycles. The Labute approximate surface area is 126 Å². The second-order valence-corrected chi connectivity index (χ2v) is 5.74. The highest BCUT2D eigenvalue weighted by molar-refractivity contribution is 7.89. The second kappa shape index (κ2) is 6.00. The largest absolute Gasteiger partial charge is 0.497 e. The summed E-state index contributed by atoms with van der Waals surface area (Å²) in [6.45, 7) is 0. The molecular formula is C13H12N2O6S. The summed E-state index contributed by atoms with van der Waals surface area (Å²) in [6.07, 6.45) is 0. The van der Waals surface area contributed by atoms with Crippen molar-refractivity contribution in [3.8, 4) is 17.2 Å². The van der Waals surface area contributed by atoms with E-state index in [2.05, 4.69) is 0 Å². The molecule has 0 aliphatic rings. The van der Waals surface area contributed by atoms with Crippen LogP contribution in [0.3, 0.4) is 0 Å². The molecule has 0 atom stereocenters. The number of non-ortho nitro benzene ring substituents is 1. The number of benzene rings is 2. The Hall–Kier alpha value is -2.65. The molecule has 0 aliphatic carbocycles. The zero-order chi connectivity index (χ0) is 16.3. The lowest BCUT2D eigenvalue weighted by Crippen LogP contribution is -2.13. The first-order valence-corrected chi connectivity index (χ1v) is 7.49. The second-order valence-electron chi connectivity index (χ2n) is 4.21. The van der Waals surface area contributed by atoms with Gasteiger partial charge in [-0.25, -0.2) is 13.6 Å². The van der Waals surface area contributed by atoms with Crippen LogP contribution in [0.15, 0.2) is 47.4 Å². The number of ether oxygens (including phenoxy) is 2. The molecule has 22 heavy (non-hydrogen) atoms. The zero-order valence-electron chi connectivity index (χ0n) is 11.4. The molecule has 0 fully saturated rings. The van der Waals surface area contributed by atoms with E-state index in [1.165, 1.54) is 13.2 Å². The highest BCUT2D eigenvalue weighted by Gasteiger charge is 2.20.